The van der Waals surface area contributed by atoms with Crippen molar-refractivity contribution in [2.75, 3.05) is 0 Å². The van der Waals surface area contributed by atoms with Gasteiger partial charge in [0.15, 0.2) is 0 Å². The number of rotatable bonds is 11. The molecule has 108 valence electrons. The average Bonchev–Trinajstić information content (AvgIpc) is 2.26. The Kier molecular flexibility index (Phi) is 10.4. The smallest absolute Gasteiger partial charge is 0.0540 e. The minimum atomic E-state index is -0.0838. The minimum Gasteiger partial charge on any atom is -0.393 e. The first kappa shape index (κ1) is 17.7. The van der Waals surface area contributed by atoms with Crippen molar-refractivity contribution in [1.82, 2.24) is 0 Å². The molecule has 1 heteroatoms. The molecule has 0 saturated heterocycles. The molecule has 0 rings (SSSR count). The Morgan fingerprint density at radius 2 is 1.50 bits per heavy atom. The van der Waals surface area contributed by atoms with E-state index in [1.54, 1.807) is 0 Å². The van der Waals surface area contributed by atoms with E-state index in [0.717, 1.165) is 25.7 Å². The lowest BCUT2D eigenvalue weighted by atomic mass is 9.89. The quantitative estimate of drug-likeness (QED) is 0.382. The summed E-state index contributed by atoms with van der Waals surface area (Å²) in [5.74, 6) is 0. The molecule has 0 heterocycles. The van der Waals surface area contributed by atoms with E-state index in [1.165, 1.54) is 38.5 Å². The summed E-state index contributed by atoms with van der Waals surface area (Å²) in [6.45, 7) is 10.6. The predicted molar refractivity (Wildman–Crippen MR) is 81.8 cm³/mol. The third-order valence-corrected chi connectivity index (χ3v) is 3.41. The molecule has 0 fully saturated rings. The van der Waals surface area contributed by atoms with Crippen LogP contribution in [0, 0.1) is 5.41 Å². The first-order valence-corrected chi connectivity index (χ1v) is 7.74. The summed E-state index contributed by atoms with van der Waals surface area (Å²) in [5.41, 5.74) is 0.487. The molecular weight excluding hydrogens is 220 g/mol. The number of allylic oxidation sites excluding steroid dienone is 1. The third-order valence-electron chi connectivity index (χ3n) is 3.41. The Bertz CT molecular complexity index is 190. The lowest BCUT2D eigenvalue weighted by molar-refractivity contribution is 0.148. The van der Waals surface area contributed by atoms with Gasteiger partial charge in [-0.3, -0.25) is 0 Å². The molecule has 0 spiro atoms. The fourth-order valence-corrected chi connectivity index (χ4v) is 2.21. The van der Waals surface area contributed by atoms with E-state index in [4.69, 9.17) is 0 Å². The Balaban J connectivity index is 3.22. The molecule has 0 aromatic heterocycles. The molecule has 0 radical (unpaired) electrons. The summed E-state index contributed by atoms with van der Waals surface area (Å²) < 4.78 is 0. The number of aliphatic hydroxyl groups is 1. The van der Waals surface area contributed by atoms with Crippen LogP contribution in [0.3, 0.4) is 0 Å². The second kappa shape index (κ2) is 10.6. The van der Waals surface area contributed by atoms with Gasteiger partial charge in [0.05, 0.1) is 6.10 Å². The van der Waals surface area contributed by atoms with E-state index in [9.17, 15) is 5.11 Å². The van der Waals surface area contributed by atoms with Gasteiger partial charge < -0.3 is 5.11 Å². The molecular formula is C17H34O. The Morgan fingerprint density at radius 3 is 2.11 bits per heavy atom. The van der Waals surface area contributed by atoms with E-state index >= 15 is 0 Å². The second-order valence-electron chi connectivity index (χ2n) is 6.74. The first-order chi connectivity index (χ1) is 8.45. The van der Waals surface area contributed by atoms with Crippen LogP contribution in [-0.2, 0) is 0 Å². The van der Waals surface area contributed by atoms with Gasteiger partial charge in [0.2, 0.25) is 0 Å². The van der Waals surface area contributed by atoms with Crippen LogP contribution in [0.25, 0.3) is 0 Å². The SMILES string of the molecule is C=CCCCC(O)CCCCCCCC(C)(C)C. The van der Waals surface area contributed by atoms with Crippen LogP contribution in [0.4, 0.5) is 0 Å². The fraction of sp³-hybridized carbons (Fsp3) is 0.882. The molecule has 0 amide bonds. The summed E-state index contributed by atoms with van der Waals surface area (Å²) in [5, 5.41) is 9.75. The Labute approximate surface area is 115 Å². The molecule has 0 aromatic rings. The monoisotopic (exact) mass is 254 g/mol. The minimum absolute atomic E-state index is 0.0838. The number of hydrogen-bond donors (Lipinski definition) is 1. The number of aliphatic hydroxyl groups excluding tert-OH is 1. The molecule has 0 aliphatic carbocycles. The average molecular weight is 254 g/mol. The summed E-state index contributed by atoms with van der Waals surface area (Å²) in [6, 6.07) is 0. The highest BCUT2D eigenvalue weighted by atomic mass is 16.3. The molecule has 1 atom stereocenters. The van der Waals surface area contributed by atoms with Crippen molar-refractivity contribution in [3.63, 3.8) is 0 Å². The van der Waals surface area contributed by atoms with Gasteiger partial charge in [-0.1, -0.05) is 59.0 Å². The molecule has 1 unspecified atom stereocenters. The van der Waals surface area contributed by atoms with Crippen LogP contribution in [0.15, 0.2) is 12.7 Å². The van der Waals surface area contributed by atoms with Crippen LogP contribution in [0.2, 0.25) is 0 Å². The maximum absolute atomic E-state index is 9.75. The summed E-state index contributed by atoms with van der Waals surface area (Å²) in [6.07, 6.45) is 13.7. The van der Waals surface area contributed by atoms with Crippen molar-refractivity contribution in [3.8, 4) is 0 Å². The molecule has 0 bridgehead atoms. The molecule has 0 aromatic carbocycles. The van der Waals surface area contributed by atoms with Gasteiger partial charge in [0.25, 0.3) is 0 Å². The molecule has 18 heavy (non-hydrogen) atoms. The highest BCUT2D eigenvalue weighted by Gasteiger charge is 2.08. The fourth-order valence-electron chi connectivity index (χ4n) is 2.21. The standard InChI is InChI=1S/C17H34O/c1-5-6-10-13-16(18)14-11-8-7-9-12-15-17(2,3)4/h5,16,18H,1,6-15H2,2-4H3. The molecule has 1 N–H and O–H groups in total. The molecule has 0 aliphatic rings. The molecule has 0 aliphatic heterocycles. The zero-order valence-electron chi connectivity index (χ0n) is 12.9. The van der Waals surface area contributed by atoms with Crippen LogP contribution < -0.4 is 0 Å². The Hall–Kier alpha value is -0.300. The van der Waals surface area contributed by atoms with E-state index in [0.29, 0.717) is 5.41 Å². The van der Waals surface area contributed by atoms with Crippen molar-refractivity contribution in [2.45, 2.75) is 91.1 Å². The Morgan fingerprint density at radius 1 is 0.944 bits per heavy atom. The maximum Gasteiger partial charge on any atom is 0.0540 e. The van der Waals surface area contributed by atoms with Crippen molar-refractivity contribution >= 4 is 0 Å². The van der Waals surface area contributed by atoms with Gasteiger partial charge in [-0.25, -0.2) is 0 Å². The summed E-state index contributed by atoms with van der Waals surface area (Å²) in [4.78, 5) is 0. The van der Waals surface area contributed by atoms with E-state index in [-0.39, 0.29) is 6.10 Å². The van der Waals surface area contributed by atoms with Gasteiger partial charge in [0, 0.05) is 0 Å². The van der Waals surface area contributed by atoms with Gasteiger partial charge in [-0.15, -0.1) is 6.58 Å². The number of hydrogen-bond acceptors (Lipinski definition) is 1. The van der Waals surface area contributed by atoms with Crippen LogP contribution in [-0.4, -0.2) is 11.2 Å². The molecule has 1 nitrogen and oxygen atoms in total. The van der Waals surface area contributed by atoms with Crippen LogP contribution >= 0.6 is 0 Å². The van der Waals surface area contributed by atoms with E-state index < -0.39 is 0 Å². The van der Waals surface area contributed by atoms with Crippen molar-refractivity contribution in [3.05, 3.63) is 12.7 Å². The van der Waals surface area contributed by atoms with Crippen LogP contribution in [0.1, 0.15) is 85.0 Å². The van der Waals surface area contributed by atoms with E-state index in [1.807, 2.05) is 6.08 Å². The van der Waals surface area contributed by atoms with Crippen molar-refractivity contribution in [1.29, 1.82) is 0 Å². The van der Waals surface area contributed by atoms with E-state index in [2.05, 4.69) is 27.4 Å². The molecule has 0 saturated carbocycles. The van der Waals surface area contributed by atoms with Crippen LogP contribution in [0.5, 0.6) is 0 Å². The van der Waals surface area contributed by atoms with Gasteiger partial charge in [-0.2, -0.15) is 0 Å². The highest BCUT2D eigenvalue weighted by molar-refractivity contribution is 4.67. The number of unbranched alkanes of at least 4 members (excludes halogenated alkanes) is 5. The normalized spacial score (nSPS) is 13.6. The van der Waals surface area contributed by atoms with Gasteiger partial charge in [-0.05, 0) is 37.5 Å². The van der Waals surface area contributed by atoms with Gasteiger partial charge >= 0.3 is 0 Å². The summed E-state index contributed by atoms with van der Waals surface area (Å²) in [7, 11) is 0. The lowest BCUT2D eigenvalue weighted by Crippen LogP contribution is -2.06. The topological polar surface area (TPSA) is 20.2 Å². The zero-order chi connectivity index (χ0) is 13.9. The largest absolute Gasteiger partial charge is 0.393 e. The first-order valence-electron chi connectivity index (χ1n) is 7.74. The second-order valence-corrected chi connectivity index (χ2v) is 6.74. The third kappa shape index (κ3) is 13.8. The zero-order valence-corrected chi connectivity index (χ0v) is 12.9. The van der Waals surface area contributed by atoms with Crippen molar-refractivity contribution < 1.29 is 5.11 Å². The summed E-state index contributed by atoms with van der Waals surface area (Å²) >= 11 is 0. The van der Waals surface area contributed by atoms with Gasteiger partial charge in [0.1, 0.15) is 0 Å². The highest BCUT2D eigenvalue weighted by Crippen LogP contribution is 2.22. The predicted octanol–water partition coefficient (Wildman–Crippen LogP) is 5.48. The maximum atomic E-state index is 9.75. The lowest BCUT2D eigenvalue weighted by Gasteiger charge is -2.17. The van der Waals surface area contributed by atoms with Crippen molar-refractivity contribution in [2.24, 2.45) is 5.41 Å².